The van der Waals surface area contributed by atoms with Gasteiger partial charge in [0.25, 0.3) is 0 Å². The molecule has 6 heteroatoms. The molecular formula is C23H23BrFNO3. The van der Waals surface area contributed by atoms with Gasteiger partial charge in [-0.25, -0.2) is 4.39 Å². The van der Waals surface area contributed by atoms with Crippen molar-refractivity contribution in [2.24, 2.45) is 0 Å². The lowest BCUT2D eigenvalue weighted by Crippen LogP contribution is -2.14. The van der Waals surface area contributed by atoms with Crippen LogP contribution in [0.2, 0.25) is 0 Å². The summed E-state index contributed by atoms with van der Waals surface area (Å²) in [4.78, 5) is 0. The Morgan fingerprint density at radius 2 is 1.52 bits per heavy atom. The van der Waals surface area contributed by atoms with E-state index in [1.54, 1.807) is 26.4 Å². The van der Waals surface area contributed by atoms with Crippen LogP contribution >= 0.6 is 15.9 Å². The monoisotopic (exact) mass is 459 g/mol. The summed E-state index contributed by atoms with van der Waals surface area (Å²) < 4.78 is 30.7. The van der Waals surface area contributed by atoms with Crippen molar-refractivity contribution >= 4 is 15.9 Å². The molecule has 0 saturated heterocycles. The molecule has 1 N–H and O–H groups in total. The van der Waals surface area contributed by atoms with Crippen LogP contribution in [0, 0.1) is 5.82 Å². The fourth-order valence-corrected chi connectivity index (χ4v) is 3.37. The lowest BCUT2D eigenvalue weighted by molar-refractivity contribution is 0.284. The molecule has 0 aliphatic heterocycles. The molecule has 0 bridgehead atoms. The zero-order valence-corrected chi connectivity index (χ0v) is 18.0. The van der Waals surface area contributed by atoms with Crippen LogP contribution in [0.1, 0.15) is 16.7 Å². The highest BCUT2D eigenvalue weighted by atomic mass is 79.9. The zero-order chi connectivity index (χ0) is 20.6. The summed E-state index contributed by atoms with van der Waals surface area (Å²) in [6.45, 7) is 1.66. The maximum Gasteiger partial charge on any atom is 0.162 e. The minimum absolute atomic E-state index is 0.265. The summed E-state index contributed by atoms with van der Waals surface area (Å²) in [7, 11) is 3.28. The van der Waals surface area contributed by atoms with Gasteiger partial charge in [-0.2, -0.15) is 0 Å². The van der Waals surface area contributed by atoms with Gasteiger partial charge in [-0.15, -0.1) is 0 Å². The quantitative estimate of drug-likeness (QED) is 0.460. The van der Waals surface area contributed by atoms with Crippen molar-refractivity contribution in [2.45, 2.75) is 19.7 Å². The van der Waals surface area contributed by atoms with Crippen LogP contribution < -0.4 is 19.5 Å². The first-order valence-corrected chi connectivity index (χ1v) is 9.96. The van der Waals surface area contributed by atoms with Crippen molar-refractivity contribution in [3.8, 4) is 17.2 Å². The van der Waals surface area contributed by atoms with Gasteiger partial charge in [0.15, 0.2) is 11.5 Å². The van der Waals surface area contributed by atoms with E-state index < -0.39 is 0 Å². The molecule has 0 heterocycles. The highest BCUT2D eigenvalue weighted by Gasteiger charge is 2.11. The zero-order valence-electron chi connectivity index (χ0n) is 16.4. The molecule has 0 radical (unpaired) electrons. The van der Waals surface area contributed by atoms with Gasteiger partial charge >= 0.3 is 0 Å². The number of hydrogen-bond donors (Lipinski definition) is 1. The van der Waals surface area contributed by atoms with Crippen LogP contribution in [-0.2, 0) is 19.7 Å². The molecule has 0 fully saturated rings. The van der Waals surface area contributed by atoms with Crippen LogP contribution in [0.4, 0.5) is 4.39 Å². The summed E-state index contributed by atoms with van der Waals surface area (Å²) in [5, 5.41) is 3.43. The van der Waals surface area contributed by atoms with Crippen molar-refractivity contribution in [1.82, 2.24) is 5.32 Å². The van der Waals surface area contributed by atoms with E-state index in [2.05, 4.69) is 21.2 Å². The van der Waals surface area contributed by atoms with Crippen LogP contribution in [0.3, 0.4) is 0 Å². The highest BCUT2D eigenvalue weighted by molar-refractivity contribution is 9.10. The van der Waals surface area contributed by atoms with E-state index in [1.807, 2.05) is 36.4 Å². The maximum absolute atomic E-state index is 13.0. The van der Waals surface area contributed by atoms with Crippen LogP contribution in [0.5, 0.6) is 17.2 Å². The number of ether oxygens (including phenoxy) is 3. The van der Waals surface area contributed by atoms with Gasteiger partial charge < -0.3 is 19.5 Å². The molecule has 0 saturated carbocycles. The Labute approximate surface area is 178 Å². The molecule has 4 nitrogen and oxygen atoms in total. The van der Waals surface area contributed by atoms with Gasteiger partial charge in [-0.3, -0.25) is 0 Å². The van der Waals surface area contributed by atoms with Gasteiger partial charge in [0.1, 0.15) is 18.2 Å². The predicted molar refractivity (Wildman–Crippen MR) is 115 cm³/mol. The summed E-state index contributed by atoms with van der Waals surface area (Å²) in [5.41, 5.74) is 3.02. The van der Waals surface area contributed by atoms with E-state index in [9.17, 15) is 4.39 Å². The number of benzene rings is 3. The molecule has 0 aliphatic carbocycles. The number of para-hydroxylation sites is 1. The van der Waals surface area contributed by atoms with Crippen molar-refractivity contribution in [3.63, 3.8) is 0 Å². The van der Waals surface area contributed by atoms with Crippen LogP contribution in [-0.4, -0.2) is 14.2 Å². The number of halogens is 2. The molecule has 0 unspecified atom stereocenters. The molecule has 152 valence electrons. The number of hydrogen-bond acceptors (Lipinski definition) is 4. The van der Waals surface area contributed by atoms with Gasteiger partial charge in [-0.05, 0) is 41.5 Å². The van der Waals surface area contributed by atoms with Crippen LogP contribution in [0.25, 0.3) is 0 Å². The Hall–Kier alpha value is -2.57. The maximum atomic E-state index is 13.0. The summed E-state index contributed by atoms with van der Waals surface area (Å²) in [6, 6.07) is 18.0. The Bertz CT molecular complexity index is 947. The Balaban J connectivity index is 1.65. The minimum Gasteiger partial charge on any atom is -0.496 e. The van der Waals surface area contributed by atoms with E-state index in [1.165, 1.54) is 12.1 Å². The molecule has 29 heavy (non-hydrogen) atoms. The normalized spacial score (nSPS) is 10.6. The highest BCUT2D eigenvalue weighted by Crippen LogP contribution is 2.34. The topological polar surface area (TPSA) is 39.7 Å². The molecule has 0 aromatic heterocycles. The van der Waals surface area contributed by atoms with E-state index in [0.717, 1.165) is 26.9 Å². The predicted octanol–water partition coefficient (Wildman–Crippen LogP) is 5.47. The number of methoxy groups -OCH3 is 2. The van der Waals surface area contributed by atoms with E-state index >= 15 is 0 Å². The van der Waals surface area contributed by atoms with Crippen molar-refractivity contribution in [1.29, 1.82) is 0 Å². The second-order valence-electron chi connectivity index (χ2n) is 6.43. The molecule has 3 aromatic carbocycles. The number of rotatable bonds is 9. The second-order valence-corrected chi connectivity index (χ2v) is 7.28. The molecule has 0 spiro atoms. The van der Waals surface area contributed by atoms with Crippen LogP contribution in [0.15, 0.2) is 65.1 Å². The molecule has 0 amide bonds. The first-order chi connectivity index (χ1) is 14.1. The van der Waals surface area contributed by atoms with E-state index in [0.29, 0.717) is 31.2 Å². The van der Waals surface area contributed by atoms with Crippen molar-refractivity contribution in [3.05, 3.63) is 87.6 Å². The second kappa shape index (κ2) is 10.3. The average Bonchev–Trinajstić information content (AvgIpc) is 2.75. The first kappa shape index (κ1) is 21.1. The molecule has 3 aromatic rings. The molecule has 0 aliphatic rings. The number of nitrogens with one attached hydrogen (secondary N) is 1. The first-order valence-electron chi connectivity index (χ1n) is 9.17. The van der Waals surface area contributed by atoms with Crippen molar-refractivity contribution < 1.29 is 18.6 Å². The van der Waals surface area contributed by atoms with E-state index in [-0.39, 0.29) is 5.82 Å². The molecule has 3 rings (SSSR count). The molecule has 0 atom stereocenters. The third-order valence-electron chi connectivity index (χ3n) is 4.46. The smallest absolute Gasteiger partial charge is 0.162 e. The average molecular weight is 460 g/mol. The van der Waals surface area contributed by atoms with Gasteiger partial charge in [0, 0.05) is 23.1 Å². The SMILES string of the molecule is COc1ccccc1CNCc1cc(OC)c(OCc2ccc(F)cc2)cc1Br. The van der Waals surface area contributed by atoms with Gasteiger partial charge in [0.05, 0.1) is 14.2 Å². The fourth-order valence-electron chi connectivity index (χ4n) is 2.91. The molecular weight excluding hydrogens is 437 g/mol. The van der Waals surface area contributed by atoms with E-state index in [4.69, 9.17) is 14.2 Å². The Kier molecular flexibility index (Phi) is 7.49. The Morgan fingerprint density at radius 3 is 2.24 bits per heavy atom. The lowest BCUT2D eigenvalue weighted by atomic mass is 10.1. The largest absolute Gasteiger partial charge is 0.496 e. The van der Waals surface area contributed by atoms with Crippen molar-refractivity contribution in [2.75, 3.05) is 14.2 Å². The summed E-state index contributed by atoms with van der Waals surface area (Å²) in [5.74, 6) is 1.86. The summed E-state index contributed by atoms with van der Waals surface area (Å²) >= 11 is 3.61. The standard InChI is InChI=1S/C23H23BrFNO3/c1-27-21-6-4-3-5-17(21)13-26-14-18-11-22(28-2)23(12-20(18)24)29-15-16-7-9-19(25)10-8-16/h3-12,26H,13-15H2,1-2H3. The summed E-state index contributed by atoms with van der Waals surface area (Å²) in [6.07, 6.45) is 0. The van der Waals surface area contributed by atoms with Gasteiger partial charge in [-0.1, -0.05) is 46.3 Å². The fraction of sp³-hybridized carbons (Fsp3) is 0.217. The minimum atomic E-state index is -0.265. The lowest BCUT2D eigenvalue weighted by Gasteiger charge is -2.15. The van der Waals surface area contributed by atoms with Gasteiger partial charge in [0.2, 0.25) is 0 Å². The third-order valence-corrected chi connectivity index (χ3v) is 5.20. The Morgan fingerprint density at radius 1 is 0.828 bits per heavy atom. The third kappa shape index (κ3) is 5.71.